The molecule has 0 aliphatic heterocycles. The number of rotatable bonds is 5. The van der Waals surface area contributed by atoms with Crippen LogP contribution < -0.4 is 0 Å². The van der Waals surface area contributed by atoms with Crippen LogP contribution in [0.2, 0.25) is 0 Å². The number of hydrogen-bond donors (Lipinski definition) is 1. The van der Waals surface area contributed by atoms with Crippen LogP contribution in [0.15, 0.2) is 43.5 Å². The highest BCUT2D eigenvalue weighted by Gasteiger charge is 2.34. The molecule has 114 valence electrons. The summed E-state index contributed by atoms with van der Waals surface area (Å²) in [5.41, 5.74) is -1.75. The maximum Gasteiger partial charge on any atom is 0.137 e. The fraction of sp³-hybridized carbons (Fsp3) is 0.231. The predicted octanol–water partition coefficient (Wildman–Crippen LogP) is 0.736. The van der Waals surface area contributed by atoms with Crippen LogP contribution in [-0.2, 0) is 18.7 Å². The Morgan fingerprint density at radius 1 is 1.00 bits per heavy atom. The van der Waals surface area contributed by atoms with Crippen molar-refractivity contribution in [2.45, 2.75) is 18.7 Å². The first-order chi connectivity index (χ1) is 10.6. The summed E-state index contributed by atoms with van der Waals surface area (Å²) in [5.74, 6) is -1.56. The standard InChI is InChI=1S/C13H12F2N6O/c14-10-1-2-11(12(15)3-10)13(22,4-20-8-16-6-18-20)5-21-9-17-7-19-21/h1-3,6-9,22H,4-5H2/i14-1. The van der Waals surface area contributed by atoms with E-state index in [1.165, 1.54) is 40.7 Å². The van der Waals surface area contributed by atoms with Crippen LogP contribution in [-0.4, -0.2) is 34.6 Å². The molecule has 0 radical (unpaired) electrons. The molecule has 0 amide bonds. The summed E-state index contributed by atoms with van der Waals surface area (Å²) in [5, 5.41) is 18.8. The molecule has 0 unspecified atom stereocenters. The van der Waals surface area contributed by atoms with Crippen molar-refractivity contribution in [2.75, 3.05) is 0 Å². The third kappa shape index (κ3) is 2.84. The van der Waals surface area contributed by atoms with Gasteiger partial charge in [0.25, 0.3) is 0 Å². The van der Waals surface area contributed by atoms with Gasteiger partial charge >= 0.3 is 0 Å². The Hall–Kier alpha value is -2.68. The molecule has 0 aliphatic rings. The summed E-state index contributed by atoms with van der Waals surface area (Å²) in [6, 6.07) is 3.02. The van der Waals surface area contributed by atoms with Crippen molar-refractivity contribution in [3.8, 4) is 0 Å². The Morgan fingerprint density at radius 3 is 2.05 bits per heavy atom. The van der Waals surface area contributed by atoms with Gasteiger partial charge in [0, 0.05) is 11.6 Å². The van der Waals surface area contributed by atoms with Gasteiger partial charge in [0.1, 0.15) is 42.5 Å². The zero-order valence-corrected chi connectivity index (χ0v) is 11.3. The van der Waals surface area contributed by atoms with Crippen LogP contribution in [0.25, 0.3) is 0 Å². The van der Waals surface area contributed by atoms with E-state index in [-0.39, 0.29) is 18.7 Å². The van der Waals surface area contributed by atoms with Crippen molar-refractivity contribution < 1.29 is 13.9 Å². The van der Waals surface area contributed by atoms with Crippen LogP contribution in [0.4, 0.5) is 8.78 Å². The maximum absolute atomic E-state index is 14.1. The Kier molecular flexibility index (Phi) is 3.63. The number of aliphatic hydroxyl groups is 1. The first-order valence-electron chi connectivity index (χ1n) is 6.39. The van der Waals surface area contributed by atoms with Gasteiger partial charge in [-0.15, -0.1) is 0 Å². The van der Waals surface area contributed by atoms with E-state index in [9.17, 15) is 13.9 Å². The van der Waals surface area contributed by atoms with Crippen LogP contribution in [0.3, 0.4) is 0 Å². The Balaban J connectivity index is 2.01. The predicted molar refractivity (Wildman–Crippen MR) is 70.3 cm³/mol. The van der Waals surface area contributed by atoms with Gasteiger partial charge in [-0.1, -0.05) is 6.07 Å². The molecule has 1 aromatic carbocycles. The van der Waals surface area contributed by atoms with Gasteiger partial charge in [0.2, 0.25) is 0 Å². The summed E-state index contributed by atoms with van der Waals surface area (Å²) in [6.45, 7) is -0.148. The molecular weight excluding hydrogens is 293 g/mol. The summed E-state index contributed by atoms with van der Waals surface area (Å²) >= 11 is 0. The lowest BCUT2D eigenvalue weighted by molar-refractivity contribution is -0.00855. The van der Waals surface area contributed by atoms with E-state index in [1.54, 1.807) is 0 Å². The van der Waals surface area contributed by atoms with Crippen LogP contribution in [0.5, 0.6) is 0 Å². The van der Waals surface area contributed by atoms with Crippen LogP contribution in [0, 0.1) is 11.6 Å². The number of halogens is 2. The minimum absolute atomic E-state index is 0.0556. The second-order valence-electron chi connectivity index (χ2n) is 4.84. The average molecular weight is 305 g/mol. The van der Waals surface area contributed by atoms with E-state index >= 15 is 0 Å². The SMILES string of the molecule is OC(Cn1cncn1)(Cn1cncn1)c1ccc([18F])cc1F. The Labute approximate surface area is 123 Å². The van der Waals surface area contributed by atoms with Crippen molar-refractivity contribution in [1.29, 1.82) is 0 Å². The van der Waals surface area contributed by atoms with Crippen molar-refractivity contribution >= 4 is 0 Å². The van der Waals surface area contributed by atoms with Gasteiger partial charge in [-0.3, -0.25) is 0 Å². The molecule has 22 heavy (non-hydrogen) atoms. The summed E-state index contributed by atoms with van der Waals surface area (Å²) in [7, 11) is 0. The molecule has 3 aromatic rings. The highest BCUT2D eigenvalue weighted by Crippen LogP contribution is 2.28. The third-order valence-electron chi connectivity index (χ3n) is 3.21. The highest BCUT2D eigenvalue weighted by atomic mass is 19.1. The Bertz CT molecular complexity index is 708. The topological polar surface area (TPSA) is 81.6 Å². The van der Waals surface area contributed by atoms with Crippen LogP contribution in [0.1, 0.15) is 5.56 Å². The first kappa shape index (κ1) is 14.3. The smallest absolute Gasteiger partial charge is 0.137 e. The minimum atomic E-state index is -1.70. The van der Waals surface area contributed by atoms with Gasteiger partial charge in [-0.2, -0.15) is 10.2 Å². The molecule has 0 aliphatic carbocycles. The fourth-order valence-electron chi connectivity index (χ4n) is 2.25. The van der Waals surface area contributed by atoms with E-state index < -0.39 is 17.2 Å². The quantitative estimate of drug-likeness (QED) is 0.752. The molecule has 2 heterocycles. The molecular formula is C13H12F2N6O. The van der Waals surface area contributed by atoms with E-state index in [0.29, 0.717) is 0 Å². The van der Waals surface area contributed by atoms with Gasteiger partial charge in [-0.05, 0) is 6.07 Å². The third-order valence-corrected chi connectivity index (χ3v) is 3.21. The lowest BCUT2D eigenvalue weighted by Gasteiger charge is -2.28. The summed E-state index contributed by atoms with van der Waals surface area (Å²) in [4.78, 5) is 7.57. The second-order valence-corrected chi connectivity index (χ2v) is 4.84. The van der Waals surface area contributed by atoms with Crippen molar-refractivity contribution in [3.05, 3.63) is 60.7 Å². The molecule has 0 fully saturated rings. The zero-order chi connectivity index (χ0) is 15.6. The summed E-state index contributed by atoms with van der Waals surface area (Å²) < 4.78 is 29.9. The monoisotopic (exact) mass is 305 g/mol. The molecule has 0 bridgehead atoms. The molecule has 1 N–H and O–H groups in total. The lowest BCUT2D eigenvalue weighted by Crippen LogP contribution is -2.37. The first-order valence-corrected chi connectivity index (χ1v) is 6.39. The van der Waals surface area contributed by atoms with E-state index in [4.69, 9.17) is 0 Å². The van der Waals surface area contributed by atoms with E-state index in [0.717, 1.165) is 12.1 Å². The minimum Gasteiger partial charge on any atom is -0.381 e. The van der Waals surface area contributed by atoms with Gasteiger partial charge in [-0.25, -0.2) is 28.1 Å². The largest absolute Gasteiger partial charge is 0.381 e. The Morgan fingerprint density at radius 2 is 1.59 bits per heavy atom. The van der Waals surface area contributed by atoms with Crippen LogP contribution >= 0.6 is 0 Å². The summed E-state index contributed by atoms with van der Waals surface area (Å²) in [6.07, 6.45) is 5.40. The van der Waals surface area contributed by atoms with Gasteiger partial charge in [0.05, 0.1) is 13.1 Å². The normalized spacial score (nSPS) is 11.8. The van der Waals surface area contributed by atoms with Crippen molar-refractivity contribution in [1.82, 2.24) is 29.5 Å². The van der Waals surface area contributed by atoms with Crippen molar-refractivity contribution in [2.24, 2.45) is 0 Å². The molecule has 0 saturated carbocycles. The molecule has 0 saturated heterocycles. The molecule has 2 aromatic heterocycles. The highest BCUT2D eigenvalue weighted by molar-refractivity contribution is 5.25. The van der Waals surface area contributed by atoms with E-state index in [2.05, 4.69) is 20.2 Å². The number of benzene rings is 1. The lowest BCUT2D eigenvalue weighted by atomic mass is 9.93. The average Bonchev–Trinajstić information content (AvgIpc) is 3.12. The molecule has 7 nitrogen and oxygen atoms in total. The molecule has 0 atom stereocenters. The van der Waals surface area contributed by atoms with E-state index in [1.807, 2.05) is 0 Å². The molecule has 9 heteroatoms. The molecule has 0 spiro atoms. The number of nitrogens with zero attached hydrogens (tertiary/aromatic N) is 6. The second kappa shape index (κ2) is 5.60. The fourth-order valence-corrected chi connectivity index (χ4v) is 2.25. The maximum atomic E-state index is 14.1. The number of aromatic nitrogens is 6. The van der Waals surface area contributed by atoms with Gasteiger partial charge in [0.15, 0.2) is 0 Å². The van der Waals surface area contributed by atoms with Gasteiger partial charge < -0.3 is 5.11 Å². The number of hydrogen-bond acceptors (Lipinski definition) is 5. The zero-order valence-electron chi connectivity index (χ0n) is 11.3. The molecule has 3 rings (SSSR count). The van der Waals surface area contributed by atoms with Crippen molar-refractivity contribution in [3.63, 3.8) is 0 Å².